The summed E-state index contributed by atoms with van der Waals surface area (Å²) in [5, 5.41) is 10.7. The third-order valence-corrected chi connectivity index (χ3v) is 13.8. The van der Waals surface area contributed by atoms with Crippen molar-refractivity contribution in [2.24, 2.45) is 29.6 Å². The Morgan fingerprint density at radius 2 is 1.12 bits per heavy atom. The number of ketones is 1. The minimum atomic E-state index is -0.448. The van der Waals surface area contributed by atoms with E-state index in [1.54, 1.807) is 6.08 Å². The Balaban J connectivity index is 0.000000651. The van der Waals surface area contributed by atoms with Crippen molar-refractivity contribution in [2.45, 2.75) is 254 Å². The third kappa shape index (κ3) is 24.8. The molecule has 10 nitrogen and oxygen atoms in total. The van der Waals surface area contributed by atoms with Crippen molar-refractivity contribution < 1.29 is 47.9 Å². The molecular weight excluding hydrogens is 845 g/mol. The molecule has 4 aliphatic rings. The average Bonchev–Trinajstić information content (AvgIpc) is 4.06. The Labute approximate surface area is 410 Å². The van der Waals surface area contributed by atoms with Gasteiger partial charge >= 0.3 is 11.9 Å². The van der Waals surface area contributed by atoms with Crippen molar-refractivity contribution >= 4 is 17.7 Å². The van der Waals surface area contributed by atoms with Gasteiger partial charge in [0.15, 0.2) is 17.4 Å². The number of carbonyl (C=O) groups is 3. The van der Waals surface area contributed by atoms with Gasteiger partial charge in [0.05, 0.1) is 44.7 Å². The van der Waals surface area contributed by atoms with E-state index in [1.165, 1.54) is 57.8 Å². The van der Waals surface area contributed by atoms with Gasteiger partial charge in [-0.25, -0.2) is 0 Å². The van der Waals surface area contributed by atoms with Crippen LogP contribution in [0.25, 0.3) is 0 Å². The van der Waals surface area contributed by atoms with Gasteiger partial charge in [0.2, 0.25) is 0 Å². The maximum atomic E-state index is 12.4. The summed E-state index contributed by atoms with van der Waals surface area (Å²) in [5.74, 6) is 0.697. The van der Waals surface area contributed by atoms with Crippen LogP contribution in [0.15, 0.2) is 36.5 Å². The summed E-state index contributed by atoms with van der Waals surface area (Å²) >= 11 is 0. The second-order valence-corrected chi connectivity index (χ2v) is 20.0. The van der Waals surface area contributed by atoms with E-state index >= 15 is 0 Å². The van der Waals surface area contributed by atoms with Crippen LogP contribution < -0.4 is 0 Å². The lowest BCUT2D eigenvalue weighted by Crippen LogP contribution is -2.32. The number of unbranched alkanes of at least 4 members (excludes halogenated alkanes) is 10. The first-order valence-corrected chi connectivity index (χ1v) is 26.5. The number of carbonyl (C=O) groups excluding carboxylic acids is 3. The van der Waals surface area contributed by atoms with E-state index in [1.807, 2.05) is 27.7 Å². The normalized spacial score (nSPS) is 24.1. The lowest BCUT2D eigenvalue weighted by Gasteiger charge is -2.31. The highest BCUT2D eigenvalue weighted by Crippen LogP contribution is 2.44. The fourth-order valence-corrected chi connectivity index (χ4v) is 10.2. The molecule has 0 bridgehead atoms. The van der Waals surface area contributed by atoms with Crippen molar-refractivity contribution in [2.75, 3.05) is 26.4 Å². The zero-order chi connectivity index (χ0) is 47.3. The summed E-state index contributed by atoms with van der Waals surface area (Å²) in [6, 6.07) is 0. The molecule has 0 aromatic rings. The predicted molar refractivity (Wildman–Crippen MR) is 274 cm³/mol. The van der Waals surface area contributed by atoms with Crippen LogP contribution in [-0.2, 0) is 42.8 Å². The molecule has 2 aliphatic heterocycles. The zero-order valence-corrected chi connectivity index (χ0v) is 42.2. The number of aliphatic hydroxyl groups is 1. The smallest absolute Gasteiger partial charge is 0.306 e. The van der Waals surface area contributed by atoms with Gasteiger partial charge in [0.1, 0.15) is 0 Å². The summed E-state index contributed by atoms with van der Waals surface area (Å²) in [6.07, 6.45) is 36.9. The van der Waals surface area contributed by atoms with Gasteiger partial charge in [-0.3, -0.25) is 14.4 Å². The van der Waals surface area contributed by atoms with Gasteiger partial charge in [-0.15, -0.1) is 0 Å². The molecular formula is C57H102O10. The number of aliphatic hydroxyl groups excluding tert-OH is 1. The third-order valence-electron chi connectivity index (χ3n) is 13.8. The number of rotatable bonds is 32. The Kier molecular flexibility index (Phi) is 33.4. The van der Waals surface area contributed by atoms with Gasteiger partial charge in [-0.2, -0.15) is 0 Å². The van der Waals surface area contributed by atoms with E-state index in [4.69, 9.17) is 28.4 Å². The summed E-state index contributed by atoms with van der Waals surface area (Å²) in [6.45, 7) is 17.0. The van der Waals surface area contributed by atoms with Crippen molar-refractivity contribution in [3.8, 4) is 0 Å². The highest BCUT2D eigenvalue weighted by atomic mass is 16.7. The first-order chi connectivity index (χ1) is 31.3. The Morgan fingerprint density at radius 3 is 1.60 bits per heavy atom. The molecule has 6 atom stereocenters. The Hall–Kier alpha value is -2.37. The highest BCUT2D eigenvalue weighted by Gasteiger charge is 2.43. The minimum absolute atomic E-state index is 0. The van der Waals surface area contributed by atoms with Crippen LogP contribution in [0.1, 0.15) is 224 Å². The summed E-state index contributed by atoms with van der Waals surface area (Å²) in [5.41, 5.74) is 0. The van der Waals surface area contributed by atoms with Crippen molar-refractivity contribution in [3.05, 3.63) is 36.5 Å². The molecule has 4 rings (SSSR count). The molecule has 67 heavy (non-hydrogen) atoms. The summed E-state index contributed by atoms with van der Waals surface area (Å²) in [7, 11) is 0. The molecule has 2 saturated heterocycles. The van der Waals surface area contributed by atoms with Gasteiger partial charge in [0, 0.05) is 44.4 Å². The second kappa shape index (κ2) is 35.7. The lowest BCUT2D eigenvalue weighted by molar-refractivity contribution is -0.171. The number of esters is 2. The molecule has 0 amide bonds. The molecule has 2 heterocycles. The SMILES string of the molecule is C.C.CCCCCCCC1(CC[C@@H]2[C@@H](C/C=C\CCCC(=O)OC(C)C)[C@@H](O)C[C@H]2C)OCCO1.CCCCCCCC1(CC[C@H]2C=CC(=O)[C@@H]2C/C=C\CCCC(=O)OC(C)C)OCCO1. The lowest BCUT2D eigenvalue weighted by atomic mass is 9.82. The molecule has 0 aromatic carbocycles. The van der Waals surface area contributed by atoms with Crippen LogP contribution in [0, 0.1) is 29.6 Å². The standard InChI is InChI=1S/C28H50O5.C27H44O5.2CH4/c1-5-6-7-10-13-17-28(31-19-20-32-28)18-16-24-23(4)21-26(29)25(24)14-11-8-9-12-15-27(30)33-22(2)3;1-4-5-6-9-12-18-27(30-20-21-31-27)19-17-23-15-16-25(28)24(23)13-10-7-8-11-14-26(29)32-22(2)3;;/h8,11,22-26,29H,5-7,9-10,12-21H2,1-4H3;7,10,15-16,22-24H,4-6,8-9,11-14,17-21H2,1-3H3;2*1H4/b11-8-;10-7-;;/t23-,24+,25-,26+;23-,24-;;/m11../s1. The van der Waals surface area contributed by atoms with Crippen LogP contribution in [0.5, 0.6) is 0 Å². The molecule has 0 aromatic heterocycles. The molecule has 3 fully saturated rings. The van der Waals surface area contributed by atoms with E-state index in [0.717, 1.165) is 89.9 Å². The van der Waals surface area contributed by atoms with Gasteiger partial charge in [0.25, 0.3) is 0 Å². The van der Waals surface area contributed by atoms with Crippen molar-refractivity contribution in [3.63, 3.8) is 0 Å². The number of allylic oxidation sites excluding steroid dienone is 6. The van der Waals surface area contributed by atoms with Crippen LogP contribution >= 0.6 is 0 Å². The fourth-order valence-electron chi connectivity index (χ4n) is 10.2. The molecule has 10 heteroatoms. The molecule has 2 aliphatic carbocycles. The highest BCUT2D eigenvalue weighted by molar-refractivity contribution is 5.94. The van der Waals surface area contributed by atoms with Gasteiger partial charge < -0.3 is 33.5 Å². The van der Waals surface area contributed by atoms with Crippen LogP contribution in [-0.4, -0.2) is 79.1 Å². The van der Waals surface area contributed by atoms with E-state index in [0.29, 0.717) is 57.0 Å². The van der Waals surface area contributed by atoms with E-state index < -0.39 is 11.6 Å². The topological polar surface area (TPSA) is 127 Å². The van der Waals surface area contributed by atoms with Crippen LogP contribution in [0.2, 0.25) is 0 Å². The van der Waals surface area contributed by atoms with Gasteiger partial charge in [-0.05, 0) is 128 Å². The number of hydrogen-bond donors (Lipinski definition) is 1. The maximum absolute atomic E-state index is 12.4. The molecule has 0 unspecified atom stereocenters. The Bertz CT molecular complexity index is 1390. The maximum Gasteiger partial charge on any atom is 0.306 e. The van der Waals surface area contributed by atoms with Crippen LogP contribution in [0.4, 0.5) is 0 Å². The first-order valence-electron chi connectivity index (χ1n) is 26.5. The van der Waals surface area contributed by atoms with Crippen LogP contribution in [0.3, 0.4) is 0 Å². The monoisotopic (exact) mass is 947 g/mol. The number of ether oxygens (including phenoxy) is 6. The summed E-state index contributed by atoms with van der Waals surface area (Å²) < 4.78 is 34.7. The molecule has 0 spiro atoms. The molecule has 1 N–H and O–H groups in total. The molecule has 390 valence electrons. The van der Waals surface area contributed by atoms with Gasteiger partial charge in [-0.1, -0.05) is 117 Å². The van der Waals surface area contributed by atoms with Crippen molar-refractivity contribution in [1.29, 1.82) is 0 Å². The predicted octanol–water partition coefficient (Wildman–Crippen LogP) is 14.2. The summed E-state index contributed by atoms with van der Waals surface area (Å²) in [4.78, 5) is 35.6. The average molecular weight is 947 g/mol. The van der Waals surface area contributed by atoms with E-state index in [-0.39, 0.29) is 62.7 Å². The molecule has 1 saturated carbocycles. The van der Waals surface area contributed by atoms with Crippen molar-refractivity contribution in [1.82, 2.24) is 0 Å². The largest absolute Gasteiger partial charge is 0.463 e. The van der Waals surface area contributed by atoms with E-state index in [2.05, 4.69) is 51.2 Å². The Morgan fingerprint density at radius 1 is 0.657 bits per heavy atom. The zero-order valence-electron chi connectivity index (χ0n) is 42.2. The fraction of sp³-hybridized carbons (Fsp3) is 0.842. The quantitative estimate of drug-likeness (QED) is 0.0396. The first kappa shape index (κ1) is 62.6. The second-order valence-electron chi connectivity index (χ2n) is 20.0. The van der Waals surface area contributed by atoms with E-state index in [9.17, 15) is 19.5 Å². The number of hydrogen-bond acceptors (Lipinski definition) is 10. The minimum Gasteiger partial charge on any atom is -0.463 e. The molecule has 0 radical (unpaired) electrons.